The Balaban J connectivity index is 1.27. The van der Waals surface area contributed by atoms with Crippen LogP contribution in [0.1, 0.15) is 0 Å². The van der Waals surface area contributed by atoms with E-state index in [2.05, 4.69) is 42.5 Å². The average Bonchev–Trinajstić information content (AvgIpc) is 3.44. The van der Waals surface area contributed by atoms with Crippen LogP contribution in [0, 0.1) is 5.41 Å². The molecule has 8 nitrogen and oxygen atoms in total. The molecule has 25 heavy (non-hydrogen) atoms. The third-order valence-corrected chi connectivity index (χ3v) is 5.53. The highest BCUT2D eigenvalue weighted by Crippen LogP contribution is 2.15. The van der Waals surface area contributed by atoms with Gasteiger partial charge in [0.1, 0.15) is 0 Å². The van der Waals surface area contributed by atoms with Crippen molar-refractivity contribution < 1.29 is 0 Å². The van der Waals surface area contributed by atoms with E-state index >= 15 is 0 Å². The molecule has 4 saturated heterocycles. The summed E-state index contributed by atoms with van der Waals surface area (Å²) in [6.45, 7) is 13.2. The fourth-order valence-electron chi connectivity index (χ4n) is 3.33. The van der Waals surface area contributed by atoms with E-state index in [0.717, 1.165) is 52.4 Å². The molecule has 0 amide bonds. The molecule has 4 heterocycles. The maximum Gasteiger partial charge on any atom is 0.0318 e. The SMILES string of the molecule is C(NCC(CNCC1CN1)(CNCC1CN1)CNCC1CN1)C1CN1. The van der Waals surface area contributed by atoms with Crippen LogP contribution in [0.2, 0.25) is 0 Å². The fraction of sp³-hybridized carbons (Fsp3) is 1.00. The van der Waals surface area contributed by atoms with Gasteiger partial charge in [0.2, 0.25) is 0 Å². The minimum absolute atomic E-state index is 0.202. The number of nitrogens with one attached hydrogen (secondary N) is 8. The Morgan fingerprint density at radius 3 is 0.960 bits per heavy atom. The summed E-state index contributed by atoms with van der Waals surface area (Å²) in [5, 5.41) is 28.4. The van der Waals surface area contributed by atoms with E-state index in [1.807, 2.05) is 0 Å². The Hall–Kier alpha value is -0.320. The maximum atomic E-state index is 3.72. The van der Waals surface area contributed by atoms with E-state index in [0.29, 0.717) is 24.2 Å². The van der Waals surface area contributed by atoms with Crippen molar-refractivity contribution in [2.75, 3.05) is 78.5 Å². The van der Waals surface area contributed by atoms with Crippen molar-refractivity contribution in [1.82, 2.24) is 42.5 Å². The molecule has 8 N–H and O–H groups in total. The normalized spacial score (nSPS) is 34.6. The van der Waals surface area contributed by atoms with Gasteiger partial charge in [-0.05, 0) is 0 Å². The van der Waals surface area contributed by atoms with Crippen molar-refractivity contribution in [1.29, 1.82) is 0 Å². The van der Waals surface area contributed by atoms with Gasteiger partial charge < -0.3 is 42.5 Å². The number of hydrogen-bond donors (Lipinski definition) is 8. The van der Waals surface area contributed by atoms with Gasteiger partial charge in [-0.1, -0.05) is 0 Å². The van der Waals surface area contributed by atoms with E-state index < -0.39 is 0 Å². The van der Waals surface area contributed by atoms with Gasteiger partial charge in [-0.3, -0.25) is 0 Å². The summed E-state index contributed by atoms with van der Waals surface area (Å²) >= 11 is 0. The number of hydrogen-bond acceptors (Lipinski definition) is 8. The minimum Gasteiger partial charge on any atom is -0.314 e. The van der Waals surface area contributed by atoms with Crippen LogP contribution in [-0.4, -0.2) is 103 Å². The van der Waals surface area contributed by atoms with Crippen molar-refractivity contribution in [3.63, 3.8) is 0 Å². The molecule has 4 atom stereocenters. The molecule has 4 fully saturated rings. The average molecular weight is 353 g/mol. The van der Waals surface area contributed by atoms with Crippen LogP contribution in [0.4, 0.5) is 0 Å². The Labute approximate surface area is 151 Å². The zero-order valence-electron chi connectivity index (χ0n) is 15.3. The van der Waals surface area contributed by atoms with Gasteiger partial charge in [-0.2, -0.15) is 0 Å². The van der Waals surface area contributed by atoms with Crippen LogP contribution in [0.25, 0.3) is 0 Å². The molecule has 0 aromatic heterocycles. The topological polar surface area (TPSA) is 136 Å². The largest absolute Gasteiger partial charge is 0.314 e. The highest BCUT2D eigenvalue weighted by atomic mass is 15.2. The summed E-state index contributed by atoms with van der Waals surface area (Å²) in [6.07, 6.45) is 0. The Morgan fingerprint density at radius 1 is 0.520 bits per heavy atom. The lowest BCUT2D eigenvalue weighted by Gasteiger charge is -2.35. The second-order valence-corrected chi connectivity index (χ2v) is 8.44. The van der Waals surface area contributed by atoms with Crippen LogP contribution in [0.15, 0.2) is 0 Å². The lowest BCUT2D eigenvalue weighted by atomic mass is 9.86. The Bertz CT molecular complexity index is 326. The predicted octanol–water partition coefficient (Wildman–Crippen LogP) is -3.78. The first-order valence-electron chi connectivity index (χ1n) is 10.1. The summed E-state index contributed by atoms with van der Waals surface area (Å²) in [6, 6.07) is 2.75. The second-order valence-electron chi connectivity index (χ2n) is 8.44. The summed E-state index contributed by atoms with van der Waals surface area (Å²) in [5.74, 6) is 0. The van der Waals surface area contributed by atoms with E-state index in [-0.39, 0.29) is 5.41 Å². The smallest absolute Gasteiger partial charge is 0.0318 e. The first-order valence-corrected chi connectivity index (χ1v) is 10.1. The lowest BCUT2D eigenvalue weighted by Crippen LogP contribution is -2.55. The van der Waals surface area contributed by atoms with Crippen molar-refractivity contribution >= 4 is 0 Å². The molecule has 0 aromatic rings. The van der Waals surface area contributed by atoms with E-state index in [9.17, 15) is 0 Å². The summed E-state index contributed by atoms with van der Waals surface area (Å²) in [4.78, 5) is 0. The Morgan fingerprint density at radius 2 is 0.760 bits per heavy atom. The van der Waals surface area contributed by atoms with Crippen molar-refractivity contribution in [2.45, 2.75) is 24.2 Å². The molecular weight excluding hydrogens is 316 g/mol. The van der Waals surface area contributed by atoms with E-state index in [1.165, 1.54) is 26.2 Å². The summed E-state index contributed by atoms with van der Waals surface area (Å²) in [7, 11) is 0. The number of rotatable bonds is 16. The fourth-order valence-corrected chi connectivity index (χ4v) is 3.33. The molecule has 8 heteroatoms. The van der Waals surface area contributed by atoms with Gasteiger partial charge in [0.25, 0.3) is 0 Å². The molecule has 0 aliphatic carbocycles. The van der Waals surface area contributed by atoms with E-state index in [1.54, 1.807) is 0 Å². The third kappa shape index (κ3) is 7.07. The van der Waals surface area contributed by atoms with Gasteiger partial charge in [-0.25, -0.2) is 0 Å². The maximum absolute atomic E-state index is 3.72. The summed E-state index contributed by atoms with van der Waals surface area (Å²) in [5.41, 5.74) is 0.202. The zero-order valence-corrected chi connectivity index (χ0v) is 15.3. The van der Waals surface area contributed by atoms with Crippen LogP contribution >= 0.6 is 0 Å². The van der Waals surface area contributed by atoms with Gasteiger partial charge in [0, 0.05) is 108 Å². The first-order chi connectivity index (χ1) is 12.3. The molecule has 144 valence electrons. The van der Waals surface area contributed by atoms with Crippen LogP contribution in [-0.2, 0) is 0 Å². The second kappa shape index (κ2) is 8.58. The highest BCUT2D eigenvalue weighted by Gasteiger charge is 2.33. The quantitative estimate of drug-likeness (QED) is 0.133. The standard InChI is InChI=1S/C17H36N8/c1(13-5-22-13)18-9-17(10-19-2-14-6-23-14,11-20-3-15-7-24-15)12-21-4-16-8-25-16/h13-16,18-25H,1-12H2. The van der Waals surface area contributed by atoms with Crippen molar-refractivity contribution in [2.24, 2.45) is 5.41 Å². The van der Waals surface area contributed by atoms with Crippen LogP contribution in [0.3, 0.4) is 0 Å². The van der Waals surface area contributed by atoms with Crippen molar-refractivity contribution in [3.05, 3.63) is 0 Å². The molecule has 4 aliphatic heterocycles. The van der Waals surface area contributed by atoms with Gasteiger partial charge in [0.15, 0.2) is 0 Å². The molecule has 4 rings (SSSR count). The predicted molar refractivity (Wildman–Crippen MR) is 101 cm³/mol. The minimum atomic E-state index is 0.202. The van der Waals surface area contributed by atoms with Gasteiger partial charge >= 0.3 is 0 Å². The monoisotopic (exact) mass is 352 g/mol. The first kappa shape index (κ1) is 18.1. The van der Waals surface area contributed by atoms with E-state index in [4.69, 9.17) is 0 Å². The lowest BCUT2D eigenvalue weighted by molar-refractivity contribution is 0.237. The molecule has 0 aromatic carbocycles. The van der Waals surface area contributed by atoms with Crippen LogP contribution in [0.5, 0.6) is 0 Å². The third-order valence-electron chi connectivity index (χ3n) is 5.53. The summed E-state index contributed by atoms with van der Waals surface area (Å²) < 4.78 is 0. The molecule has 0 radical (unpaired) electrons. The highest BCUT2D eigenvalue weighted by molar-refractivity contribution is 4.95. The zero-order chi connectivity index (χ0) is 17.0. The van der Waals surface area contributed by atoms with Crippen LogP contribution < -0.4 is 42.5 Å². The van der Waals surface area contributed by atoms with Gasteiger partial charge in [-0.15, -0.1) is 0 Å². The molecule has 0 spiro atoms. The molecule has 0 saturated carbocycles. The van der Waals surface area contributed by atoms with Gasteiger partial charge in [0.05, 0.1) is 0 Å². The van der Waals surface area contributed by atoms with Crippen molar-refractivity contribution in [3.8, 4) is 0 Å². The molecule has 0 bridgehead atoms. The molecule has 4 aliphatic rings. The Kier molecular flexibility index (Phi) is 6.20. The molecule has 4 unspecified atom stereocenters. The molecular formula is C17H36N8.